The lowest BCUT2D eigenvalue weighted by atomic mass is 10.2. The van der Waals surface area contributed by atoms with Gasteiger partial charge in [-0.1, -0.05) is 0 Å². The summed E-state index contributed by atoms with van der Waals surface area (Å²) in [5.41, 5.74) is 6.06. The minimum Gasteiger partial charge on any atom is -0.464 e. The maximum atomic E-state index is 6.06. The number of thiophene rings is 1. The van der Waals surface area contributed by atoms with Gasteiger partial charge in [0.1, 0.15) is 11.5 Å². The Labute approximate surface area is 94.9 Å². The summed E-state index contributed by atoms with van der Waals surface area (Å²) in [5, 5.41) is 2.01. The van der Waals surface area contributed by atoms with E-state index in [0.29, 0.717) is 0 Å². The molecule has 0 aliphatic carbocycles. The van der Waals surface area contributed by atoms with Crippen LogP contribution in [0.4, 0.5) is 0 Å². The van der Waals surface area contributed by atoms with Gasteiger partial charge in [0.2, 0.25) is 0 Å². The Hall–Kier alpha value is -0.580. The molecule has 2 aromatic rings. The Morgan fingerprint density at radius 2 is 2.21 bits per heavy atom. The van der Waals surface area contributed by atoms with Gasteiger partial charge in [-0.25, -0.2) is 0 Å². The van der Waals surface area contributed by atoms with Crippen molar-refractivity contribution in [1.82, 2.24) is 0 Å². The molecule has 0 aliphatic heterocycles. The highest BCUT2D eigenvalue weighted by Gasteiger charge is 2.16. The van der Waals surface area contributed by atoms with E-state index in [1.165, 1.54) is 0 Å². The van der Waals surface area contributed by atoms with E-state index in [4.69, 9.17) is 10.2 Å². The van der Waals surface area contributed by atoms with Crippen molar-refractivity contribution in [2.75, 3.05) is 0 Å². The fraction of sp³-hybridized carbons (Fsp3) is 0.200. The van der Waals surface area contributed by atoms with E-state index in [-0.39, 0.29) is 6.04 Å². The zero-order chi connectivity index (χ0) is 10.1. The van der Waals surface area contributed by atoms with Gasteiger partial charge in [-0.3, -0.25) is 0 Å². The maximum absolute atomic E-state index is 6.06. The molecule has 4 heteroatoms. The molecule has 0 amide bonds. The third-order valence-electron chi connectivity index (χ3n) is 1.99. The van der Waals surface area contributed by atoms with Gasteiger partial charge < -0.3 is 10.2 Å². The lowest BCUT2D eigenvalue weighted by Gasteiger charge is -2.06. The Bertz CT molecular complexity index is 435. The summed E-state index contributed by atoms with van der Waals surface area (Å²) in [4.78, 5) is 1.10. The molecule has 2 aromatic heterocycles. The lowest BCUT2D eigenvalue weighted by molar-refractivity contribution is 0.467. The first kappa shape index (κ1) is 9.96. The zero-order valence-corrected chi connectivity index (χ0v) is 10.1. The number of aryl methyl sites for hydroxylation is 1. The van der Waals surface area contributed by atoms with Crippen molar-refractivity contribution in [1.29, 1.82) is 0 Å². The summed E-state index contributed by atoms with van der Waals surface area (Å²) in [6.07, 6.45) is 0. The summed E-state index contributed by atoms with van der Waals surface area (Å²) in [7, 11) is 0. The molecule has 2 rings (SSSR count). The van der Waals surface area contributed by atoms with E-state index in [1.54, 1.807) is 11.3 Å². The van der Waals surface area contributed by atoms with Gasteiger partial charge in [-0.2, -0.15) is 0 Å². The molecular formula is C10H10BrNOS. The minimum absolute atomic E-state index is 0.168. The lowest BCUT2D eigenvalue weighted by Crippen LogP contribution is -2.09. The summed E-state index contributed by atoms with van der Waals surface area (Å²) in [6, 6.07) is 5.68. The molecule has 0 spiro atoms. The first-order valence-electron chi connectivity index (χ1n) is 4.23. The highest BCUT2D eigenvalue weighted by Crippen LogP contribution is 2.32. The quantitative estimate of drug-likeness (QED) is 0.909. The van der Waals surface area contributed by atoms with Crippen molar-refractivity contribution in [3.05, 3.63) is 44.4 Å². The highest BCUT2D eigenvalue weighted by molar-refractivity contribution is 9.10. The molecule has 2 heterocycles. The van der Waals surface area contributed by atoms with Crippen molar-refractivity contribution >= 4 is 27.3 Å². The average molecular weight is 272 g/mol. The topological polar surface area (TPSA) is 39.2 Å². The van der Waals surface area contributed by atoms with Crippen LogP contribution in [0.5, 0.6) is 0 Å². The van der Waals surface area contributed by atoms with Crippen LogP contribution in [0.1, 0.15) is 22.4 Å². The molecule has 1 unspecified atom stereocenters. The second-order valence-electron chi connectivity index (χ2n) is 3.06. The van der Waals surface area contributed by atoms with Crippen molar-refractivity contribution in [3.8, 4) is 0 Å². The Morgan fingerprint density at radius 3 is 2.71 bits per heavy atom. The Morgan fingerprint density at radius 1 is 1.43 bits per heavy atom. The summed E-state index contributed by atoms with van der Waals surface area (Å²) in [5.74, 6) is 1.70. The van der Waals surface area contributed by atoms with Gasteiger partial charge >= 0.3 is 0 Å². The largest absolute Gasteiger partial charge is 0.464 e. The van der Waals surface area contributed by atoms with Crippen LogP contribution in [0.15, 0.2) is 32.5 Å². The molecule has 1 atom stereocenters. The van der Waals surface area contributed by atoms with Crippen molar-refractivity contribution < 1.29 is 4.42 Å². The number of furan rings is 1. The fourth-order valence-electron chi connectivity index (χ4n) is 1.28. The van der Waals surface area contributed by atoms with Gasteiger partial charge in [-0.05, 0) is 46.4 Å². The van der Waals surface area contributed by atoms with Crippen LogP contribution < -0.4 is 5.73 Å². The smallest absolute Gasteiger partial charge is 0.126 e. The molecule has 0 aromatic carbocycles. The predicted molar refractivity (Wildman–Crippen MR) is 61.5 cm³/mol. The van der Waals surface area contributed by atoms with Crippen LogP contribution in [0, 0.1) is 6.92 Å². The number of nitrogens with two attached hydrogens (primary N) is 1. The van der Waals surface area contributed by atoms with Gasteiger partial charge in [-0.15, -0.1) is 11.3 Å². The van der Waals surface area contributed by atoms with Crippen LogP contribution in [0.25, 0.3) is 0 Å². The monoisotopic (exact) mass is 271 g/mol. The van der Waals surface area contributed by atoms with E-state index >= 15 is 0 Å². The third-order valence-corrected chi connectivity index (χ3v) is 3.95. The molecule has 0 radical (unpaired) electrons. The van der Waals surface area contributed by atoms with Gasteiger partial charge in [0.05, 0.1) is 6.04 Å². The van der Waals surface area contributed by atoms with Crippen molar-refractivity contribution in [3.63, 3.8) is 0 Å². The van der Waals surface area contributed by atoms with Gasteiger partial charge in [0.25, 0.3) is 0 Å². The van der Waals surface area contributed by atoms with Gasteiger partial charge in [0, 0.05) is 9.35 Å². The molecule has 0 aliphatic rings. The second-order valence-corrected chi connectivity index (χ2v) is 4.86. The molecular weight excluding hydrogens is 262 g/mol. The van der Waals surface area contributed by atoms with Crippen molar-refractivity contribution in [2.45, 2.75) is 13.0 Å². The summed E-state index contributed by atoms with van der Waals surface area (Å²) in [6.45, 7) is 1.92. The average Bonchev–Trinajstić information content (AvgIpc) is 2.73. The first-order valence-corrected chi connectivity index (χ1v) is 5.90. The minimum atomic E-state index is -0.168. The molecule has 14 heavy (non-hydrogen) atoms. The molecule has 0 saturated carbocycles. The molecule has 74 valence electrons. The van der Waals surface area contributed by atoms with Gasteiger partial charge in [0.15, 0.2) is 0 Å². The van der Waals surface area contributed by atoms with E-state index in [2.05, 4.69) is 15.9 Å². The summed E-state index contributed by atoms with van der Waals surface area (Å²) < 4.78 is 6.53. The van der Waals surface area contributed by atoms with Crippen molar-refractivity contribution in [2.24, 2.45) is 5.73 Å². The molecule has 0 saturated heterocycles. The third kappa shape index (κ3) is 1.78. The van der Waals surface area contributed by atoms with Crippen LogP contribution in [-0.4, -0.2) is 0 Å². The molecule has 0 bridgehead atoms. The number of rotatable bonds is 2. The van der Waals surface area contributed by atoms with Crippen LogP contribution in [0.2, 0.25) is 0 Å². The van der Waals surface area contributed by atoms with Crippen LogP contribution >= 0.6 is 27.3 Å². The highest BCUT2D eigenvalue weighted by atomic mass is 79.9. The molecule has 0 fully saturated rings. The van der Waals surface area contributed by atoms with E-state index in [0.717, 1.165) is 20.9 Å². The maximum Gasteiger partial charge on any atom is 0.126 e. The van der Waals surface area contributed by atoms with Crippen LogP contribution in [0.3, 0.4) is 0 Å². The normalized spacial score (nSPS) is 13.1. The SMILES string of the molecule is Cc1ccc(C(N)c2sccc2Br)o1. The number of hydrogen-bond donors (Lipinski definition) is 1. The predicted octanol–water partition coefficient (Wildman–Crippen LogP) is 3.46. The van der Waals surface area contributed by atoms with Crippen LogP contribution in [-0.2, 0) is 0 Å². The van der Waals surface area contributed by atoms with E-state index in [9.17, 15) is 0 Å². The first-order chi connectivity index (χ1) is 6.68. The fourth-order valence-corrected chi connectivity index (χ4v) is 2.91. The molecule has 2 N–H and O–H groups in total. The Kier molecular flexibility index (Phi) is 2.76. The number of hydrogen-bond acceptors (Lipinski definition) is 3. The van der Waals surface area contributed by atoms with E-state index < -0.39 is 0 Å². The standard InChI is InChI=1S/C10H10BrNOS/c1-6-2-3-8(13-6)9(12)10-7(11)4-5-14-10/h2-5,9H,12H2,1H3. The zero-order valence-electron chi connectivity index (χ0n) is 7.66. The number of halogens is 1. The summed E-state index contributed by atoms with van der Waals surface area (Å²) >= 11 is 5.09. The second kappa shape index (κ2) is 3.88. The molecule has 2 nitrogen and oxygen atoms in total. The van der Waals surface area contributed by atoms with E-state index in [1.807, 2.05) is 30.5 Å². The Balaban J connectivity index is 2.33.